The van der Waals surface area contributed by atoms with Gasteiger partial charge >= 0.3 is 5.97 Å². The van der Waals surface area contributed by atoms with E-state index in [-0.39, 0.29) is 0 Å². The van der Waals surface area contributed by atoms with Gasteiger partial charge < -0.3 is 5.11 Å². The number of aromatic nitrogens is 3. The van der Waals surface area contributed by atoms with Gasteiger partial charge in [0.15, 0.2) is 0 Å². The predicted molar refractivity (Wildman–Crippen MR) is 68.1 cm³/mol. The Morgan fingerprint density at radius 2 is 2.22 bits per heavy atom. The molecular weight excluding hydrogens is 232 g/mol. The molecule has 1 aromatic heterocycles. The SMILES string of the molecule is CCCn1ncnc1CNC(C)(CCC)C(=O)O. The monoisotopic (exact) mass is 254 g/mol. The van der Waals surface area contributed by atoms with Gasteiger partial charge in [-0.3, -0.25) is 10.1 Å². The first kappa shape index (κ1) is 14.6. The van der Waals surface area contributed by atoms with E-state index in [2.05, 4.69) is 22.3 Å². The van der Waals surface area contributed by atoms with Crippen LogP contribution in [-0.4, -0.2) is 31.4 Å². The third-order valence-electron chi connectivity index (χ3n) is 2.99. The molecule has 0 radical (unpaired) electrons. The number of nitrogens with zero attached hydrogens (tertiary/aromatic N) is 3. The molecule has 0 amide bonds. The van der Waals surface area contributed by atoms with E-state index < -0.39 is 11.5 Å². The Bertz CT molecular complexity index is 391. The van der Waals surface area contributed by atoms with Gasteiger partial charge in [-0.15, -0.1) is 0 Å². The zero-order chi connectivity index (χ0) is 13.6. The third kappa shape index (κ3) is 3.53. The first-order valence-electron chi connectivity index (χ1n) is 6.38. The van der Waals surface area contributed by atoms with Gasteiger partial charge in [0.05, 0.1) is 6.54 Å². The predicted octanol–water partition coefficient (Wildman–Crippen LogP) is 1.42. The van der Waals surface area contributed by atoms with Crippen LogP contribution < -0.4 is 5.32 Å². The van der Waals surface area contributed by atoms with Crippen molar-refractivity contribution >= 4 is 5.97 Å². The highest BCUT2D eigenvalue weighted by Crippen LogP contribution is 2.13. The van der Waals surface area contributed by atoms with Crippen molar-refractivity contribution in [3.63, 3.8) is 0 Å². The van der Waals surface area contributed by atoms with Crippen LogP contribution in [0.15, 0.2) is 6.33 Å². The number of carbonyl (C=O) groups is 1. The topological polar surface area (TPSA) is 80.0 Å². The zero-order valence-electron chi connectivity index (χ0n) is 11.3. The van der Waals surface area contributed by atoms with E-state index >= 15 is 0 Å². The Hall–Kier alpha value is -1.43. The second-order valence-electron chi connectivity index (χ2n) is 4.64. The Kier molecular flexibility index (Phi) is 5.27. The lowest BCUT2D eigenvalue weighted by atomic mass is 9.96. The highest BCUT2D eigenvalue weighted by molar-refractivity contribution is 5.78. The summed E-state index contributed by atoms with van der Waals surface area (Å²) >= 11 is 0. The first-order chi connectivity index (χ1) is 8.53. The van der Waals surface area contributed by atoms with Crippen molar-refractivity contribution in [1.82, 2.24) is 20.1 Å². The lowest BCUT2D eigenvalue weighted by Crippen LogP contribution is -2.49. The van der Waals surface area contributed by atoms with Crippen LogP contribution in [0.2, 0.25) is 0 Å². The average Bonchev–Trinajstić information content (AvgIpc) is 2.75. The minimum absolute atomic E-state index is 0.419. The summed E-state index contributed by atoms with van der Waals surface area (Å²) < 4.78 is 1.81. The van der Waals surface area contributed by atoms with Gasteiger partial charge in [0.25, 0.3) is 0 Å². The maximum Gasteiger partial charge on any atom is 0.323 e. The second kappa shape index (κ2) is 6.49. The summed E-state index contributed by atoms with van der Waals surface area (Å²) in [5.41, 5.74) is -0.905. The number of nitrogens with one attached hydrogen (secondary N) is 1. The first-order valence-corrected chi connectivity index (χ1v) is 6.38. The van der Waals surface area contributed by atoms with Crippen LogP contribution in [0.1, 0.15) is 45.9 Å². The minimum atomic E-state index is -0.905. The molecule has 1 unspecified atom stereocenters. The summed E-state index contributed by atoms with van der Waals surface area (Å²) in [6.07, 6.45) is 3.88. The van der Waals surface area contributed by atoms with E-state index in [4.69, 9.17) is 0 Å². The average molecular weight is 254 g/mol. The molecule has 1 heterocycles. The number of hydrogen-bond donors (Lipinski definition) is 2. The fourth-order valence-electron chi connectivity index (χ4n) is 1.87. The number of carboxylic acids is 1. The fourth-order valence-corrected chi connectivity index (χ4v) is 1.87. The van der Waals surface area contributed by atoms with Gasteiger partial charge in [-0.1, -0.05) is 20.3 Å². The Morgan fingerprint density at radius 1 is 1.50 bits per heavy atom. The van der Waals surface area contributed by atoms with Crippen LogP contribution in [0.3, 0.4) is 0 Å². The standard InChI is InChI=1S/C12H22N4O2/c1-4-6-12(3,11(17)18)14-8-10-13-9-15-16(10)7-5-2/h9,14H,4-8H2,1-3H3,(H,17,18). The number of aliphatic carboxylic acids is 1. The van der Waals surface area contributed by atoms with Gasteiger partial charge in [-0.2, -0.15) is 5.10 Å². The highest BCUT2D eigenvalue weighted by Gasteiger charge is 2.31. The maximum atomic E-state index is 11.3. The van der Waals surface area contributed by atoms with Crippen LogP contribution in [0.5, 0.6) is 0 Å². The molecule has 0 bridgehead atoms. The van der Waals surface area contributed by atoms with Crippen LogP contribution in [0, 0.1) is 0 Å². The van der Waals surface area contributed by atoms with Crippen LogP contribution >= 0.6 is 0 Å². The molecule has 0 aliphatic heterocycles. The van der Waals surface area contributed by atoms with Crippen LogP contribution in [0.25, 0.3) is 0 Å². The molecule has 0 spiro atoms. The molecule has 0 aliphatic rings. The number of rotatable bonds is 8. The molecule has 0 aliphatic carbocycles. The third-order valence-corrected chi connectivity index (χ3v) is 2.99. The van der Waals surface area contributed by atoms with Crippen molar-refractivity contribution < 1.29 is 9.90 Å². The second-order valence-corrected chi connectivity index (χ2v) is 4.64. The summed E-state index contributed by atoms with van der Waals surface area (Å²) in [6, 6.07) is 0. The minimum Gasteiger partial charge on any atom is -0.480 e. The summed E-state index contributed by atoms with van der Waals surface area (Å²) in [5.74, 6) is -0.0497. The van der Waals surface area contributed by atoms with E-state index in [0.29, 0.717) is 13.0 Å². The molecule has 102 valence electrons. The lowest BCUT2D eigenvalue weighted by Gasteiger charge is -2.25. The van der Waals surface area contributed by atoms with Gasteiger partial charge in [0.1, 0.15) is 17.7 Å². The molecular formula is C12H22N4O2. The van der Waals surface area contributed by atoms with Gasteiger partial charge in [0.2, 0.25) is 0 Å². The molecule has 6 heteroatoms. The Morgan fingerprint density at radius 3 is 2.78 bits per heavy atom. The molecule has 1 rings (SSSR count). The molecule has 1 aromatic rings. The van der Waals surface area contributed by atoms with Crippen molar-refractivity contribution in [2.24, 2.45) is 0 Å². The summed E-state index contributed by atoms with van der Waals surface area (Å²) in [4.78, 5) is 15.4. The zero-order valence-corrected chi connectivity index (χ0v) is 11.3. The molecule has 1 atom stereocenters. The van der Waals surface area contributed by atoms with Crippen molar-refractivity contribution in [2.45, 2.75) is 58.7 Å². The molecule has 0 saturated carbocycles. The van der Waals surface area contributed by atoms with Crippen molar-refractivity contribution in [1.29, 1.82) is 0 Å². The van der Waals surface area contributed by atoms with Crippen molar-refractivity contribution in [3.8, 4) is 0 Å². The van der Waals surface area contributed by atoms with E-state index in [9.17, 15) is 9.90 Å². The lowest BCUT2D eigenvalue weighted by molar-refractivity contribution is -0.144. The van der Waals surface area contributed by atoms with Crippen LogP contribution in [-0.2, 0) is 17.9 Å². The number of hydrogen-bond acceptors (Lipinski definition) is 4. The summed E-state index contributed by atoms with van der Waals surface area (Å²) in [7, 11) is 0. The van der Waals surface area contributed by atoms with E-state index in [1.54, 1.807) is 11.6 Å². The fraction of sp³-hybridized carbons (Fsp3) is 0.750. The summed E-state index contributed by atoms with van der Waals surface area (Å²) in [6.45, 7) is 6.97. The van der Waals surface area contributed by atoms with E-state index in [1.165, 1.54) is 6.33 Å². The van der Waals surface area contributed by atoms with Crippen molar-refractivity contribution in [2.75, 3.05) is 0 Å². The van der Waals surface area contributed by atoms with E-state index in [1.807, 2.05) is 6.92 Å². The largest absolute Gasteiger partial charge is 0.480 e. The van der Waals surface area contributed by atoms with E-state index in [0.717, 1.165) is 25.2 Å². The molecule has 0 aromatic carbocycles. The quantitative estimate of drug-likeness (QED) is 0.733. The Labute approximate surface area is 107 Å². The van der Waals surface area contributed by atoms with Crippen molar-refractivity contribution in [3.05, 3.63) is 12.2 Å². The number of carboxylic acid groups (broad SMARTS) is 1. The molecule has 6 nitrogen and oxygen atoms in total. The molecule has 18 heavy (non-hydrogen) atoms. The molecule has 2 N–H and O–H groups in total. The molecule has 0 fully saturated rings. The highest BCUT2D eigenvalue weighted by atomic mass is 16.4. The molecule has 0 saturated heterocycles. The summed E-state index contributed by atoms with van der Waals surface area (Å²) in [5, 5.41) is 16.4. The maximum absolute atomic E-state index is 11.3. The Balaban J connectivity index is 2.67. The smallest absolute Gasteiger partial charge is 0.323 e. The van der Waals surface area contributed by atoms with Gasteiger partial charge in [-0.05, 0) is 19.8 Å². The van der Waals surface area contributed by atoms with Gasteiger partial charge in [0, 0.05) is 6.54 Å². The number of aryl methyl sites for hydroxylation is 1. The van der Waals surface area contributed by atoms with Crippen LogP contribution in [0.4, 0.5) is 0 Å². The normalized spacial score (nSPS) is 14.4. The van der Waals surface area contributed by atoms with Gasteiger partial charge in [-0.25, -0.2) is 9.67 Å².